The molecule has 0 heterocycles. The highest BCUT2D eigenvalue weighted by molar-refractivity contribution is 5.82. The van der Waals surface area contributed by atoms with Gasteiger partial charge in [-0.2, -0.15) is 0 Å². The Kier molecular flexibility index (Phi) is 5.00. The van der Waals surface area contributed by atoms with Crippen LogP contribution in [-0.2, 0) is 9.53 Å². The first-order valence-electron chi connectivity index (χ1n) is 6.43. The molecule has 0 saturated carbocycles. The summed E-state index contributed by atoms with van der Waals surface area (Å²) in [5.41, 5.74) is -0.980. The van der Waals surface area contributed by atoms with Gasteiger partial charge in [0, 0.05) is 25.3 Å². The van der Waals surface area contributed by atoms with E-state index >= 15 is 0 Å². The highest BCUT2D eigenvalue weighted by Gasteiger charge is 2.39. The fraction of sp³-hybridized carbons (Fsp3) is 0.533. The molecular weight excluding hydrogens is 258 g/mol. The van der Waals surface area contributed by atoms with E-state index in [9.17, 15) is 9.90 Å². The predicted octanol–water partition coefficient (Wildman–Crippen LogP) is 2.77. The first-order chi connectivity index (χ1) is 9.22. The van der Waals surface area contributed by atoms with Gasteiger partial charge in [0.05, 0.1) is 12.7 Å². The average Bonchev–Trinajstić information content (AvgIpc) is 2.38. The normalized spacial score (nSPS) is 14.4. The van der Waals surface area contributed by atoms with Crippen molar-refractivity contribution in [3.05, 3.63) is 24.3 Å². The smallest absolute Gasteiger partial charge is 0.329 e. The van der Waals surface area contributed by atoms with Crippen LogP contribution in [0.2, 0.25) is 0 Å². The van der Waals surface area contributed by atoms with Crippen molar-refractivity contribution in [3.63, 3.8) is 0 Å². The van der Waals surface area contributed by atoms with Gasteiger partial charge < -0.3 is 19.9 Å². The number of carboxylic acids is 1. The molecule has 1 aromatic carbocycles. The summed E-state index contributed by atoms with van der Waals surface area (Å²) in [4.78, 5) is 11.6. The standard InChI is InChI=1S/C15H23NO4/c1-14(2,20-5)10-15(3,13(17)18)16-11-7-6-8-12(9-11)19-4/h6-9,16H,10H2,1-5H3,(H,17,18). The summed E-state index contributed by atoms with van der Waals surface area (Å²) < 4.78 is 10.5. The summed E-state index contributed by atoms with van der Waals surface area (Å²) in [7, 11) is 3.15. The zero-order valence-corrected chi connectivity index (χ0v) is 12.7. The molecule has 20 heavy (non-hydrogen) atoms. The van der Waals surface area contributed by atoms with Gasteiger partial charge in [-0.15, -0.1) is 0 Å². The van der Waals surface area contributed by atoms with Crippen molar-refractivity contribution in [1.82, 2.24) is 0 Å². The van der Waals surface area contributed by atoms with Crippen molar-refractivity contribution in [2.75, 3.05) is 19.5 Å². The number of aliphatic carboxylic acids is 1. The van der Waals surface area contributed by atoms with Gasteiger partial charge in [-0.25, -0.2) is 4.79 Å². The molecular formula is C15H23NO4. The summed E-state index contributed by atoms with van der Waals surface area (Å²) in [5.74, 6) is -0.251. The van der Waals surface area contributed by atoms with E-state index in [0.29, 0.717) is 17.9 Å². The van der Waals surface area contributed by atoms with Crippen LogP contribution in [0.1, 0.15) is 27.2 Å². The van der Waals surface area contributed by atoms with Crippen LogP contribution >= 0.6 is 0 Å². The van der Waals surface area contributed by atoms with Crippen molar-refractivity contribution in [2.45, 2.75) is 38.3 Å². The number of carboxylic acid groups (broad SMARTS) is 1. The summed E-state index contributed by atoms with van der Waals surface area (Å²) in [6.07, 6.45) is 0.322. The number of ether oxygens (including phenoxy) is 2. The Bertz CT molecular complexity index is 473. The Morgan fingerprint density at radius 2 is 1.95 bits per heavy atom. The number of benzene rings is 1. The number of nitrogens with one attached hydrogen (secondary N) is 1. The molecule has 1 unspecified atom stereocenters. The summed E-state index contributed by atoms with van der Waals surface area (Å²) in [5, 5.41) is 12.6. The number of hydrogen-bond acceptors (Lipinski definition) is 4. The fourth-order valence-corrected chi connectivity index (χ4v) is 2.12. The van der Waals surface area contributed by atoms with Crippen molar-refractivity contribution < 1.29 is 19.4 Å². The summed E-state index contributed by atoms with van der Waals surface area (Å²) in [6.45, 7) is 5.37. The molecule has 0 bridgehead atoms. The highest BCUT2D eigenvalue weighted by Crippen LogP contribution is 2.28. The molecule has 0 fully saturated rings. The van der Waals surface area contributed by atoms with Gasteiger partial charge >= 0.3 is 5.97 Å². The van der Waals surface area contributed by atoms with E-state index in [1.54, 1.807) is 27.2 Å². The molecule has 0 saturated heterocycles. The molecule has 0 aliphatic carbocycles. The zero-order valence-electron chi connectivity index (χ0n) is 12.7. The number of rotatable bonds is 7. The molecule has 0 radical (unpaired) electrons. The maximum atomic E-state index is 11.6. The monoisotopic (exact) mass is 281 g/mol. The topological polar surface area (TPSA) is 67.8 Å². The van der Waals surface area contributed by atoms with E-state index in [1.807, 2.05) is 32.0 Å². The van der Waals surface area contributed by atoms with Crippen molar-refractivity contribution in [3.8, 4) is 5.75 Å². The lowest BCUT2D eigenvalue weighted by atomic mass is 9.87. The van der Waals surface area contributed by atoms with Crippen LogP contribution in [0, 0.1) is 0 Å². The van der Waals surface area contributed by atoms with Crippen molar-refractivity contribution in [2.24, 2.45) is 0 Å². The van der Waals surface area contributed by atoms with Crippen LogP contribution in [0.5, 0.6) is 5.75 Å². The lowest BCUT2D eigenvalue weighted by Crippen LogP contribution is -2.49. The van der Waals surface area contributed by atoms with Crippen molar-refractivity contribution in [1.29, 1.82) is 0 Å². The Morgan fingerprint density at radius 3 is 2.45 bits per heavy atom. The second-order valence-corrected chi connectivity index (χ2v) is 5.63. The number of anilines is 1. The minimum atomic E-state index is -1.13. The molecule has 112 valence electrons. The van der Waals surface area contributed by atoms with Crippen LogP contribution in [0.4, 0.5) is 5.69 Å². The molecule has 0 aromatic heterocycles. The van der Waals surface area contributed by atoms with Gasteiger partial charge in [0.15, 0.2) is 0 Å². The van der Waals surface area contributed by atoms with E-state index in [-0.39, 0.29) is 0 Å². The highest BCUT2D eigenvalue weighted by atomic mass is 16.5. The SMILES string of the molecule is COc1cccc(NC(C)(CC(C)(C)OC)C(=O)O)c1. The number of carbonyl (C=O) groups is 1. The molecule has 0 spiro atoms. The quantitative estimate of drug-likeness (QED) is 0.804. The summed E-state index contributed by atoms with van der Waals surface area (Å²) >= 11 is 0. The van der Waals surface area contributed by atoms with E-state index in [0.717, 1.165) is 0 Å². The van der Waals surface area contributed by atoms with Gasteiger partial charge in [-0.3, -0.25) is 0 Å². The Balaban J connectivity index is 2.99. The third-order valence-electron chi connectivity index (χ3n) is 3.29. The molecule has 1 rings (SSSR count). The van der Waals surface area contributed by atoms with Gasteiger partial charge in [0.2, 0.25) is 0 Å². The van der Waals surface area contributed by atoms with Crippen LogP contribution < -0.4 is 10.1 Å². The minimum absolute atomic E-state index is 0.322. The Labute approximate surface area is 119 Å². The van der Waals surface area contributed by atoms with Crippen LogP contribution in [-0.4, -0.2) is 36.4 Å². The van der Waals surface area contributed by atoms with E-state index in [2.05, 4.69) is 5.32 Å². The van der Waals surface area contributed by atoms with Crippen LogP contribution in [0.25, 0.3) is 0 Å². The predicted molar refractivity (Wildman–Crippen MR) is 78.4 cm³/mol. The Morgan fingerprint density at radius 1 is 1.30 bits per heavy atom. The van der Waals surface area contributed by atoms with Gasteiger partial charge in [0.1, 0.15) is 11.3 Å². The lowest BCUT2D eigenvalue weighted by molar-refractivity contribution is -0.144. The minimum Gasteiger partial charge on any atom is -0.497 e. The van der Waals surface area contributed by atoms with Gasteiger partial charge in [0.25, 0.3) is 0 Å². The first kappa shape index (κ1) is 16.3. The third kappa shape index (κ3) is 4.13. The van der Waals surface area contributed by atoms with E-state index in [1.165, 1.54) is 0 Å². The number of hydrogen-bond donors (Lipinski definition) is 2. The van der Waals surface area contributed by atoms with Gasteiger partial charge in [-0.1, -0.05) is 6.07 Å². The second-order valence-electron chi connectivity index (χ2n) is 5.63. The van der Waals surface area contributed by atoms with E-state index in [4.69, 9.17) is 9.47 Å². The molecule has 2 N–H and O–H groups in total. The first-order valence-corrected chi connectivity index (χ1v) is 6.43. The van der Waals surface area contributed by atoms with Crippen LogP contribution in [0.15, 0.2) is 24.3 Å². The molecule has 1 aromatic rings. The van der Waals surface area contributed by atoms with E-state index < -0.39 is 17.1 Å². The molecule has 0 aliphatic rings. The number of methoxy groups -OCH3 is 2. The lowest BCUT2D eigenvalue weighted by Gasteiger charge is -2.35. The van der Waals surface area contributed by atoms with Crippen molar-refractivity contribution >= 4 is 11.7 Å². The molecule has 0 amide bonds. The second kappa shape index (κ2) is 6.13. The Hall–Kier alpha value is -1.75. The van der Waals surface area contributed by atoms with Gasteiger partial charge in [-0.05, 0) is 32.9 Å². The molecule has 5 heteroatoms. The maximum Gasteiger partial charge on any atom is 0.329 e. The fourth-order valence-electron chi connectivity index (χ4n) is 2.12. The molecule has 0 aliphatic heterocycles. The third-order valence-corrected chi connectivity index (χ3v) is 3.29. The maximum absolute atomic E-state index is 11.6. The zero-order chi connectivity index (χ0) is 15.4. The summed E-state index contributed by atoms with van der Waals surface area (Å²) in [6, 6.07) is 7.19. The molecule has 1 atom stereocenters. The molecule has 5 nitrogen and oxygen atoms in total. The average molecular weight is 281 g/mol. The van der Waals surface area contributed by atoms with Crippen LogP contribution in [0.3, 0.4) is 0 Å². The largest absolute Gasteiger partial charge is 0.497 e.